The molecule has 1 rings (SSSR count). The molecule has 1 aromatic carbocycles. The van der Waals surface area contributed by atoms with Crippen molar-refractivity contribution in [2.45, 2.75) is 52.6 Å². The lowest BCUT2D eigenvalue weighted by Crippen LogP contribution is -2.54. The van der Waals surface area contributed by atoms with Gasteiger partial charge in [0.2, 0.25) is 0 Å². The average molecular weight is 389 g/mol. The fraction of sp³-hybridized carbons (Fsp3) is 0.429. The largest absolute Gasteiger partial charge is 0.490 e. The van der Waals surface area contributed by atoms with E-state index in [9.17, 15) is 9.59 Å². The molecule has 0 heterocycles. The van der Waals surface area contributed by atoms with E-state index in [1.54, 1.807) is 31.2 Å². The molecule has 0 aromatic heterocycles. The van der Waals surface area contributed by atoms with Crippen LogP contribution < -0.4 is 21.3 Å². The number of allylic oxidation sites excluding steroid dienone is 3. The SMILES string of the molecule is CC(C)=CCCC(C)=CCOc1ccc(C(=O)NC(C(=O)NO)C(C)N)cc1. The highest BCUT2D eigenvalue weighted by molar-refractivity contribution is 5.97. The van der Waals surface area contributed by atoms with Crippen LogP contribution in [0.5, 0.6) is 5.75 Å². The van der Waals surface area contributed by atoms with Crippen LogP contribution in [0.15, 0.2) is 47.6 Å². The number of nitrogens with two attached hydrogens (primary N) is 1. The smallest absolute Gasteiger partial charge is 0.267 e. The predicted octanol–water partition coefficient (Wildman–Crippen LogP) is 2.71. The monoisotopic (exact) mass is 389 g/mol. The maximum atomic E-state index is 12.3. The lowest BCUT2D eigenvalue weighted by Gasteiger charge is -2.20. The third-order valence-corrected chi connectivity index (χ3v) is 4.09. The minimum atomic E-state index is -1.03. The fourth-order valence-electron chi connectivity index (χ4n) is 2.40. The lowest BCUT2D eigenvalue weighted by molar-refractivity contribution is -0.131. The zero-order valence-electron chi connectivity index (χ0n) is 17.0. The van der Waals surface area contributed by atoms with Crippen molar-refractivity contribution in [3.63, 3.8) is 0 Å². The van der Waals surface area contributed by atoms with E-state index in [2.05, 4.69) is 32.2 Å². The van der Waals surface area contributed by atoms with Gasteiger partial charge in [-0.15, -0.1) is 0 Å². The molecule has 5 N–H and O–H groups in total. The van der Waals surface area contributed by atoms with Crippen LogP contribution in [-0.2, 0) is 4.79 Å². The Labute approximate surface area is 166 Å². The normalized spacial score (nSPS) is 13.3. The lowest BCUT2D eigenvalue weighted by atomic mass is 10.1. The number of carbonyl (C=O) groups excluding carboxylic acids is 2. The topological polar surface area (TPSA) is 114 Å². The van der Waals surface area contributed by atoms with Crippen molar-refractivity contribution in [2.24, 2.45) is 5.73 Å². The van der Waals surface area contributed by atoms with Gasteiger partial charge in [0.25, 0.3) is 11.8 Å². The van der Waals surface area contributed by atoms with E-state index in [0.717, 1.165) is 12.8 Å². The summed E-state index contributed by atoms with van der Waals surface area (Å²) in [7, 11) is 0. The maximum absolute atomic E-state index is 12.3. The van der Waals surface area contributed by atoms with Crippen LogP contribution in [-0.4, -0.2) is 35.7 Å². The summed E-state index contributed by atoms with van der Waals surface area (Å²) in [5.41, 5.74) is 10.1. The third kappa shape index (κ3) is 8.37. The summed E-state index contributed by atoms with van der Waals surface area (Å²) < 4.78 is 5.67. The van der Waals surface area contributed by atoms with Crippen LogP contribution >= 0.6 is 0 Å². The van der Waals surface area contributed by atoms with Gasteiger partial charge in [-0.25, -0.2) is 5.48 Å². The summed E-state index contributed by atoms with van der Waals surface area (Å²) in [6, 6.07) is 4.89. The van der Waals surface area contributed by atoms with Crippen molar-refractivity contribution in [3.05, 3.63) is 53.1 Å². The van der Waals surface area contributed by atoms with Crippen LogP contribution in [0.3, 0.4) is 0 Å². The molecule has 0 radical (unpaired) electrons. The Morgan fingerprint density at radius 3 is 2.36 bits per heavy atom. The molecule has 1 aromatic rings. The molecular weight excluding hydrogens is 358 g/mol. The van der Waals surface area contributed by atoms with Crippen molar-refractivity contribution >= 4 is 11.8 Å². The first-order chi connectivity index (χ1) is 13.2. The zero-order chi connectivity index (χ0) is 21.1. The molecular formula is C21H31N3O4. The van der Waals surface area contributed by atoms with Crippen LogP contribution in [0.1, 0.15) is 50.9 Å². The second kappa shape index (κ2) is 11.9. The number of hydrogen-bond acceptors (Lipinski definition) is 5. The molecule has 154 valence electrons. The summed E-state index contributed by atoms with van der Waals surface area (Å²) in [5, 5.41) is 11.2. The molecule has 0 bridgehead atoms. The van der Waals surface area contributed by atoms with E-state index < -0.39 is 23.9 Å². The number of amides is 2. The Balaban J connectivity index is 2.57. The van der Waals surface area contributed by atoms with E-state index >= 15 is 0 Å². The molecule has 28 heavy (non-hydrogen) atoms. The summed E-state index contributed by atoms with van der Waals surface area (Å²) in [5.74, 6) is -0.593. The summed E-state index contributed by atoms with van der Waals surface area (Å²) >= 11 is 0. The number of hydrogen-bond donors (Lipinski definition) is 4. The van der Waals surface area contributed by atoms with Gasteiger partial charge < -0.3 is 15.8 Å². The molecule has 0 aliphatic carbocycles. The molecule has 2 unspecified atom stereocenters. The summed E-state index contributed by atoms with van der Waals surface area (Å²) in [6.45, 7) is 8.27. The highest BCUT2D eigenvalue weighted by atomic mass is 16.5. The van der Waals surface area contributed by atoms with Crippen molar-refractivity contribution in [3.8, 4) is 5.75 Å². The molecule has 7 nitrogen and oxygen atoms in total. The Morgan fingerprint density at radius 1 is 1.18 bits per heavy atom. The standard InChI is InChI=1S/C21H31N3O4/c1-14(2)6-5-7-15(3)12-13-28-18-10-8-17(9-11-18)20(25)23-19(16(4)22)21(26)24-27/h6,8-12,16,19,27H,5,7,13,22H2,1-4H3,(H,23,25)(H,24,26). The van der Waals surface area contributed by atoms with E-state index in [1.165, 1.54) is 16.6 Å². The number of benzene rings is 1. The van der Waals surface area contributed by atoms with Gasteiger partial charge in [0.1, 0.15) is 18.4 Å². The minimum absolute atomic E-state index is 0.359. The minimum Gasteiger partial charge on any atom is -0.490 e. The highest BCUT2D eigenvalue weighted by Crippen LogP contribution is 2.13. The van der Waals surface area contributed by atoms with E-state index in [0.29, 0.717) is 17.9 Å². The van der Waals surface area contributed by atoms with E-state index in [-0.39, 0.29) is 0 Å². The van der Waals surface area contributed by atoms with Gasteiger partial charge in [-0.05, 0) is 70.9 Å². The van der Waals surface area contributed by atoms with Gasteiger partial charge in [0.05, 0.1) is 0 Å². The van der Waals surface area contributed by atoms with Crippen molar-refractivity contribution in [2.75, 3.05) is 6.61 Å². The van der Waals surface area contributed by atoms with Gasteiger partial charge in [0, 0.05) is 11.6 Å². The number of hydroxylamine groups is 1. The van der Waals surface area contributed by atoms with E-state index in [1.807, 2.05) is 6.08 Å². The van der Waals surface area contributed by atoms with Crippen LogP contribution in [0.2, 0.25) is 0 Å². The van der Waals surface area contributed by atoms with Gasteiger partial charge >= 0.3 is 0 Å². The quantitative estimate of drug-likeness (QED) is 0.279. The second-order valence-corrected chi connectivity index (χ2v) is 6.99. The van der Waals surface area contributed by atoms with Gasteiger partial charge in [-0.2, -0.15) is 0 Å². The molecule has 0 saturated heterocycles. The molecule has 0 aliphatic heterocycles. The van der Waals surface area contributed by atoms with Gasteiger partial charge in [-0.1, -0.05) is 17.2 Å². The summed E-state index contributed by atoms with van der Waals surface area (Å²) in [4.78, 5) is 23.8. The molecule has 0 spiro atoms. The number of carbonyl (C=O) groups is 2. The molecule has 0 fully saturated rings. The van der Waals surface area contributed by atoms with Crippen LogP contribution in [0.25, 0.3) is 0 Å². The highest BCUT2D eigenvalue weighted by Gasteiger charge is 2.24. The predicted molar refractivity (Wildman–Crippen MR) is 109 cm³/mol. The van der Waals surface area contributed by atoms with E-state index in [4.69, 9.17) is 15.7 Å². The van der Waals surface area contributed by atoms with Crippen molar-refractivity contribution in [1.29, 1.82) is 0 Å². The van der Waals surface area contributed by atoms with Crippen molar-refractivity contribution < 1.29 is 19.5 Å². The third-order valence-electron chi connectivity index (χ3n) is 4.09. The summed E-state index contributed by atoms with van der Waals surface area (Å²) in [6.07, 6.45) is 6.27. The number of rotatable bonds is 10. The first-order valence-corrected chi connectivity index (χ1v) is 9.26. The Bertz CT molecular complexity index is 705. The second-order valence-electron chi connectivity index (χ2n) is 6.99. The maximum Gasteiger partial charge on any atom is 0.267 e. The molecule has 7 heteroatoms. The Morgan fingerprint density at radius 2 is 1.82 bits per heavy atom. The van der Waals surface area contributed by atoms with Crippen LogP contribution in [0.4, 0.5) is 0 Å². The fourth-order valence-corrected chi connectivity index (χ4v) is 2.40. The zero-order valence-corrected chi connectivity index (χ0v) is 17.0. The van der Waals surface area contributed by atoms with Gasteiger partial charge in [0.15, 0.2) is 0 Å². The Kier molecular flexibility index (Phi) is 9.98. The first kappa shape index (κ1) is 23.4. The molecule has 2 atom stereocenters. The molecule has 0 aliphatic rings. The Hall–Kier alpha value is -2.64. The molecule has 2 amide bonds. The van der Waals surface area contributed by atoms with Gasteiger partial charge in [-0.3, -0.25) is 14.8 Å². The first-order valence-electron chi connectivity index (χ1n) is 9.26. The average Bonchev–Trinajstić information content (AvgIpc) is 2.65. The number of nitrogens with one attached hydrogen (secondary N) is 2. The van der Waals surface area contributed by atoms with Crippen molar-refractivity contribution in [1.82, 2.24) is 10.8 Å². The number of ether oxygens (including phenoxy) is 1. The van der Waals surface area contributed by atoms with Crippen LogP contribution in [0, 0.1) is 0 Å². The molecule has 0 saturated carbocycles.